The molecule has 1 aliphatic heterocycles. The molecular weight excluding hydrogens is 350 g/mol. The summed E-state index contributed by atoms with van der Waals surface area (Å²) in [5, 5.41) is 11.4. The van der Waals surface area contributed by atoms with Crippen molar-refractivity contribution in [1.82, 2.24) is 4.90 Å². The molecule has 1 atom stereocenters. The van der Waals surface area contributed by atoms with E-state index in [9.17, 15) is 9.18 Å². The molecule has 0 saturated heterocycles. The molecule has 1 N–H and O–H groups in total. The standard InChI is InChI=1S/C14H13Cl2FN2O4/c1-22-13-8(15)4-3-7(12(13)17)11-5-10(18-21)9(16)6-19(11)14(20)23-2/h3-5,9,21H,6H2,1-2H3. The van der Waals surface area contributed by atoms with E-state index >= 15 is 0 Å². The molecule has 2 rings (SSSR count). The molecule has 1 amide bonds. The van der Waals surface area contributed by atoms with Crippen molar-refractivity contribution in [3.63, 3.8) is 0 Å². The summed E-state index contributed by atoms with van der Waals surface area (Å²) in [5.74, 6) is -0.921. The van der Waals surface area contributed by atoms with Gasteiger partial charge in [0.25, 0.3) is 0 Å². The number of hydrogen-bond acceptors (Lipinski definition) is 5. The molecule has 23 heavy (non-hydrogen) atoms. The fourth-order valence-corrected chi connectivity index (χ4v) is 2.64. The first-order chi connectivity index (χ1) is 10.9. The van der Waals surface area contributed by atoms with Gasteiger partial charge in [-0.05, 0) is 18.2 Å². The number of carbonyl (C=O) groups is 1. The largest absolute Gasteiger partial charge is 0.492 e. The van der Waals surface area contributed by atoms with E-state index < -0.39 is 17.3 Å². The third kappa shape index (κ3) is 3.20. The maximum Gasteiger partial charge on any atom is 0.414 e. The summed E-state index contributed by atoms with van der Waals surface area (Å²) in [6.45, 7) is -0.0517. The van der Waals surface area contributed by atoms with Gasteiger partial charge >= 0.3 is 6.09 Å². The number of alkyl halides is 1. The summed E-state index contributed by atoms with van der Waals surface area (Å²) in [4.78, 5) is 13.1. The van der Waals surface area contributed by atoms with Crippen LogP contribution in [0.15, 0.2) is 23.4 Å². The third-order valence-electron chi connectivity index (χ3n) is 3.28. The molecule has 9 heteroatoms. The van der Waals surface area contributed by atoms with Crippen LogP contribution in [0, 0.1) is 5.82 Å². The highest BCUT2D eigenvalue weighted by molar-refractivity contribution is 6.35. The Labute approximate surface area is 141 Å². The molecule has 1 heterocycles. The first-order valence-corrected chi connectivity index (χ1v) is 7.21. The molecule has 1 aromatic carbocycles. The molecule has 0 fully saturated rings. The number of hydrogen-bond donors (Lipinski definition) is 1. The molecule has 1 aliphatic rings. The van der Waals surface area contributed by atoms with Crippen molar-refractivity contribution >= 4 is 40.7 Å². The van der Waals surface area contributed by atoms with Crippen LogP contribution >= 0.6 is 23.2 Å². The summed E-state index contributed by atoms with van der Waals surface area (Å²) in [6, 6.07) is 2.81. The van der Waals surface area contributed by atoms with Crippen molar-refractivity contribution < 1.29 is 23.9 Å². The number of carbonyl (C=O) groups excluding carboxylic acids is 1. The number of ether oxygens (including phenoxy) is 2. The number of methoxy groups -OCH3 is 2. The lowest BCUT2D eigenvalue weighted by molar-refractivity contribution is 0.143. The molecule has 0 spiro atoms. The molecule has 0 radical (unpaired) electrons. The predicted octanol–water partition coefficient (Wildman–Crippen LogP) is 3.35. The van der Waals surface area contributed by atoms with E-state index in [-0.39, 0.29) is 34.3 Å². The average molecular weight is 363 g/mol. The zero-order valence-electron chi connectivity index (χ0n) is 12.2. The Morgan fingerprint density at radius 1 is 1.48 bits per heavy atom. The second kappa shape index (κ2) is 7.06. The Morgan fingerprint density at radius 2 is 2.17 bits per heavy atom. The van der Waals surface area contributed by atoms with Crippen LogP contribution in [0.4, 0.5) is 9.18 Å². The summed E-state index contributed by atoms with van der Waals surface area (Å²) < 4.78 is 24.2. The van der Waals surface area contributed by atoms with E-state index in [2.05, 4.69) is 9.89 Å². The number of amides is 1. The summed E-state index contributed by atoms with van der Waals surface area (Å²) in [6.07, 6.45) is 0.566. The van der Waals surface area contributed by atoms with Gasteiger partial charge in [0, 0.05) is 5.56 Å². The van der Waals surface area contributed by atoms with Crippen LogP contribution in [-0.2, 0) is 4.74 Å². The first-order valence-electron chi connectivity index (χ1n) is 6.40. The fourth-order valence-electron chi connectivity index (χ4n) is 2.18. The number of rotatable bonds is 2. The fraction of sp³-hybridized carbons (Fsp3) is 0.286. The predicted molar refractivity (Wildman–Crippen MR) is 83.9 cm³/mol. The van der Waals surface area contributed by atoms with E-state index in [4.69, 9.17) is 33.1 Å². The Balaban J connectivity index is 2.63. The minimum absolute atomic E-state index is 0.0290. The van der Waals surface area contributed by atoms with E-state index in [0.29, 0.717) is 0 Å². The van der Waals surface area contributed by atoms with Gasteiger partial charge in [0.15, 0.2) is 11.6 Å². The van der Waals surface area contributed by atoms with E-state index in [1.165, 1.54) is 32.4 Å². The van der Waals surface area contributed by atoms with Crippen molar-refractivity contribution in [3.8, 4) is 5.75 Å². The van der Waals surface area contributed by atoms with Crippen molar-refractivity contribution in [3.05, 3.63) is 34.6 Å². The quantitative estimate of drug-likeness (QED) is 0.497. The summed E-state index contributed by atoms with van der Waals surface area (Å²) in [7, 11) is 2.47. The van der Waals surface area contributed by atoms with Gasteiger partial charge in [-0.2, -0.15) is 0 Å². The van der Waals surface area contributed by atoms with Crippen LogP contribution in [0.5, 0.6) is 5.75 Å². The average Bonchev–Trinajstić information content (AvgIpc) is 2.55. The van der Waals surface area contributed by atoms with Crippen LogP contribution in [0.3, 0.4) is 0 Å². The van der Waals surface area contributed by atoms with Crippen LogP contribution in [0.2, 0.25) is 5.02 Å². The van der Waals surface area contributed by atoms with E-state index in [1.807, 2.05) is 0 Å². The highest BCUT2D eigenvalue weighted by atomic mass is 35.5. The van der Waals surface area contributed by atoms with Crippen LogP contribution < -0.4 is 4.74 Å². The van der Waals surface area contributed by atoms with Crippen molar-refractivity contribution in [1.29, 1.82) is 0 Å². The van der Waals surface area contributed by atoms with Gasteiger partial charge in [-0.25, -0.2) is 9.18 Å². The number of nitrogens with zero attached hydrogens (tertiary/aromatic N) is 2. The highest BCUT2D eigenvalue weighted by Gasteiger charge is 2.32. The molecule has 1 aromatic rings. The van der Waals surface area contributed by atoms with E-state index in [1.54, 1.807) is 0 Å². The Bertz CT molecular complexity index is 694. The minimum atomic E-state index is -0.764. The molecule has 0 bridgehead atoms. The van der Waals surface area contributed by atoms with Crippen molar-refractivity contribution in [2.45, 2.75) is 5.38 Å². The molecule has 0 aliphatic carbocycles. The van der Waals surface area contributed by atoms with Gasteiger partial charge in [0.1, 0.15) is 5.71 Å². The van der Waals surface area contributed by atoms with Crippen molar-refractivity contribution in [2.75, 3.05) is 20.8 Å². The van der Waals surface area contributed by atoms with Crippen LogP contribution in [-0.4, -0.2) is 48.1 Å². The Hall–Kier alpha value is -1.99. The van der Waals surface area contributed by atoms with Gasteiger partial charge in [0.05, 0.1) is 36.9 Å². The second-order valence-corrected chi connectivity index (χ2v) is 5.48. The molecule has 0 aromatic heterocycles. The lowest BCUT2D eigenvalue weighted by atomic mass is 10.0. The number of allylic oxidation sites excluding steroid dienone is 1. The summed E-state index contributed by atoms with van der Waals surface area (Å²) in [5.41, 5.74) is 0.241. The molecule has 6 nitrogen and oxygen atoms in total. The first kappa shape index (κ1) is 17.4. The SMILES string of the molecule is COC(=O)N1CC(Cl)C(=NO)C=C1c1ccc(Cl)c(OC)c1F. The maximum atomic E-state index is 14.6. The van der Waals surface area contributed by atoms with Gasteiger partial charge < -0.3 is 14.7 Å². The lowest BCUT2D eigenvalue weighted by Crippen LogP contribution is -2.41. The normalized spacial score (nSPS) is 19.5. The molecular formula is C14H13Cl2FN2O4. The van der Waals surface area contributed by atoms with Crippen molar-refractivity contribution in [2.24, 2.45) is 5.16 Å². The summed E-state index contributed by atoms with van der Waals surface area (Å²) >= 11 is 11.9. The smallest absolute Gasteiger partial charge is 0.414 e. The van der Waals surface area contributed by atoms with Gasteiger partial charge in [0.2, 0.25) is 0 Å². The Kier molecular flexibility index (Phi) is 5.33. The van der Waals surface area contributed by atoms with Gasteiger partial charge in [-0.15, -0.1) is 11.6 Å². The van der Waals surface area contributed by atoms with Crippen LogP contribution in [0.1, 0.15) is 5.56 Å². The van der Waals surface area contributed by atoms with Gasteiger partial charge in [-0.1, -0.05) is 16.8 Å². The molecule has 1 unspecified atom stereocenters. The lowest BCUT2D eigenvalue weighted by Gasteiger charge is -2.30. The topological polar surface area (TPSA) is 71.4 Å². The highest BCUT2D eigenvalue weighted by Crippen LogP contribution is 2.35. The second-order valence-electron chi connectivity index (χ2n) is 4.54. The number of benzene rings is 1. The third-order valence-corrected chi connectivity index (χ3v) is 3.94. The van der Waals surface area contributed by atoms with E-state index in [0.717, 1.165) is 4.90 Å². The zero-order valence-corrected chi connectivity index (χ0v) is 13.7. The molecule has 124 valence electrons. The van der Waals surface area contributed by atoms with Crippen LogP contribution in [0.25, 0.3) is 5.70 Å². The Morgan fingerprint density at radius 3 is 2.74 bits per heavy atom. The monoisotopic (exact) mass is 362 g/mol. The number of halogens is 3. The number of oxime groups is 1. The zero-order chi connectivity index (χ0) is 17.1. The van der Waals surface area contributed by atoms with Gasteiger partial charge in [-0.3, -0.25) is 4.90 Å². The minimum Gasteiger partial charge on any atom is -0.492 e. The molecule has 0 saturated carbocycles. The maximum absolute atomic E-state index is 14.6.